The summed E-state index contributed by atoms with van der Waals surface area (Å²) >= 11 is 1.45. The van der Waals surface area contributed by atoms with Crippen molar-refractivity contribution in [2.24, 2.45) is 0 Å². The van der Waals surface area contributed by atoms with Crippen LogP contribution in [0.15, 0.2) is 27.8 Å². The van der Waals surface area contributed by atoms with Crippen molar-refractivity contribution in [3.05, 3.63) is 35.2 Å². The van der Waals surface area contributed by atoms with Crippen molar-refractivity contribution in [3.63, 3.8) is 0 Å². The van der Waals surface area contributed by atoms with Crippen molar-refractivity contribution in [2.45, 2.75) is 24.3 Å². The van der Waals surface area contributed by atoms with Crippen LogP contribution in [0.4, 0.5) is 0 Å². The molecule has 1 aromatic carbocycles. The molecule has 0 saturated heterocycles. The Kier molecular flexibility index (Phi) is 5.67. The Labute approximate surface area is 127 Å². The van der Waals surface area contributed by atoms with Crippen molar-refractivity contribution in [2.75, 3.05) is 13.7 Å². The second-order valence-electron chi connectivity index (χ2n) is 4.17. The van der Waals surface area contributed by atoms with E-state index >= 15 is 0 Å². The van der Waals surface area contributed by atoms with Gasteiger partial charge in [0.2, 0.25) is 5.89 Å². The summed E-state index contributed by atoms with van der Waals surface area (Å²) in [7, 11) is 1.63. The largest absolute Gasteiger partial charge is 0.497 e. The SMILES string of the molecule is COc1ccc(C#CCCO)c(CSc2nnc(C)o2)c1. The fourth-order valence-electron chi connectivity index (χ4n) is 1.63. The third-order valence-electron chi connectivity index (χ3n) is 2.63. The third kappa shape index (κ3) is 4.52. The molecule has 0 unspecified atom stereocenters. The van der Waals surface area contributed by atoms with Crippen molar-refractivity contribution < 1.29 is 14.3 Å². The molecule has 0 bridgehead atoms. The van der Waals surface area contributed by atoms with Crippen LogP contribution in [-0.2, 0) is 5.75 Å². The molecule has 0 spiro atoms. The monoisotopic (exact) mass is 304 g/mol. The molecule has 5 nitrogen and oxygen atoms in total. The fourth-order valence-corrected chi connectivity index (χ4v) is 2.42. The van der Waals surface area contributed by atoms with Crippen molar-refractivity contribution >= 4 is 11.8 Å². The van der Waals surface area contributed by atoms with E-state index in [1.807, 2.05) is 18.2 Å². The van der Waals surface area contributed by atoms with Gasteiger partial charge in [-0.3, -0.25) is 0 Å². The summed E-state index contributed by atoms with van der Waals surface area (Å²) in [5.74, 6) is 7.97. The molecule has 0 saturated carbocycles. The van der Waals surface area contributed by atoms with Crippen molar-refractivity contribution in [1.82, 2.24) is 10.2 Å². The van der Waals surface area contributed by atoms with Crippen LogP contribution in [0.2, 0.25) is 0 Å². The minimum absolute atomic E-state index is 0.0640. The number of rotatable bonds is 5. The minimum atomic E-state index is 0.0640. The van der Waals surface area contributed by atoms with Crippen LogP contribution in [-0.4, -0.2) is 29.0 Å². The van der Waals surface area contributed by atoms with Crippen molar-refractivity contribution in [3.8, 4) is 17.6 Å². The highest BCUT2D eigenvalue weighted by atomic mass is 32.2. The van der Waals surface area contributed by atoms with E-state index in [4.69, 9.17) is 14.3 Å². The minimum Gasteiger partial charge on any atom is -0.497 e. The number of aromatic nitrogens is 2. The summed E-state index contributed by atoms with van der Waals surface area (Å²) in [6.45, 7) is 1.82. The molecule has 0 aliphatic carbocycles. The summed E-state index contributed by atoms with van der Waals surface area (Å²) < 4.78 is 10.6. The number of aliphatic hydroxyl groups excluding tert-OH is 1. The molecule has 110 valence electrons. The van der Waals surface area contributed by atoms with Gasteiger partial charge < -0.3 is 14.3 Å². The zero-order chi connectivity index (χ0) is 15.1. The Balaban J connectivity index is 2.16. The maximum Gasteiger partial charge on any atom is 0.276 e. The predicted molar refractivity (Wildman–Crippen MR) is 80.2 cm³/mol. The van der Waals surface area contributed by atoms with Gasteiger partial charge in [-0.2, -0.15) is 0 Å². The summed E-state index contributed by atoms with van der Waals surface area (Å²) in [5, 5.41) is 17.1. The van der Waals surface area contributed by atoms with Crippen LogP contribution in [0.3, 0.4) is 0 Å². The number of hydrogen-bond acceptors (Lipinski definition) is 6. The molecule has 1 aromatic heterocycles. The molecule has 0 radical (unpaired) electrons. The van der Waals surface area contributed by atoms with E-state index in [-0.39, 0.29) is 6.61 Å². The van der Waals surface area contributed by atoms with Crippen LogP contribution in [0.1, 0.15) is 23.4 Å². The Morgan fingerprint density at radius 3 is 2.90 bits per heavy atom. The summed E-state index contributed by atoms with van der Waals surface area (Å²) in [4.78, 5) is 0. The van der Waals surface area contributed by atoms with Gasteiger partial charge in [-0.05, 0) is 23.8 Å². The van der Waals surface area contributed by atoms with E-state index in [2.05, 4.69) is 22.0 Å². The molecular formula is C15H16N2O3S. The van der Waals surface area contributed by atoms with Gasteiger partial charge in [0.15, 0.2) is 0 Å². The molecule has 0 fully saturated rings. The van der Waals surface area contributed by atoms with E-state index in [9.17, 15) is 0 Å². The maximum absolute atomic E-state index is 8.80. The highest BCUT2D eigenvalue weighted by molar-refractivity contribution is 7.98. The van der Waals surface area contributed by atoms with Crippen LogP contribution >= 0.6 is 11.8 Å². The number of aliphatic hydroxyl groups is 1. The zero-order valence-corrected chi connectivity index (χ0v) is 12.7. The normalized spacial score (nSPS) is 10.0. The molecule has 0 amide bonds. The van der Waals surface area contributed by atoms with Gasteiger partial charge in [-0.25, -0.2) is 0 Å². The Morgan fingerprint density at radius 2 is 2.24 bits per heavy atom. The van der Waals surface area contributed by atoms with E-state index in [0.717, 1.165) is 16.9 Å². The standard InChI is InChI=1S/C15H16N2O3S/c1-11-16-17-15(20-11)21-10-13-9-14(19-2)7-6-12(13)5-3-4-8-18/h6-7,9,18H,4,8,10H2,1-2H3. The molecule has 2 rings (SSSR count). The number of ether oxygens (including phenoxy) is 1. The number of thioether (sulfide) groups is 1. The van der Waals surface area contributed by atoms with Gasteiger partial charge in [0, 0.05) is 24.7 Å². The molecule has 0 aliphatic rings. The van der Waals surface area contributed by atoms with Gasteiger partial charge in [-0.15, -0.1) is 10.2 Å². The van der Waals surface area contributed by atoms with Gasteiger partial charge in [-0.1, -0.05) is 23.6 Å². The lowest BCUT2D eigenvalue weighted by molar-refractivity contribution is 0.305. The van der Waals surface area contributed by atoms with Gasteiger partial charge in [0.1, 0.15) is 5.75 Å². The van der Waals surface area contributed by atoms with Gasteiger partial charge in [0.05, 0.1) is 13.7 Å². The van der Waals surface area contributed by atoms with E-state index < -0.39 is 0 Å². The predicted octanol–water partition coefficient (Wildman–Crippen LogP) is 2.41. The smallest absolute Gasteiger partial charge is 0.276 e. The second-order valence-corrected chi connectivity index (χ2v) is 5.10. The number of methoxy groups -OCH3 is 1. The highest BCUT2D eigenvalue weighted by Crippen LogP contribution is 2.26. The van der Waals surface area contributed by atoms with Crippen LogP contribution in [0, 0.1) is 18.8 Å². The lowest BCUT2D eigenvalue weighted by atomic mass is 10.1. The third-order valence-corrected chi connectivity index (χ3v) is 3.50. The Morgan fingerprint density at radius 1 is 1.38 bits per heavy atom. The lowest BCUT2D eigenvalue weighted by Crippen LogP contribution is -1.91. The first kappa shape index (κ1) is 15.4. The lowest BCUT2D eigenvalue weighted by Gasteiger charge is -2.06. The molecule has 1 N–H and O–H groups in total. The van der Waals surface area contributed by atoms with E-state index in [1.165, 1.54) is 11.8 Å². The first-order chi connectivity index (χ1) is 10.2. The quantitative estimate of drug-likeness (QED) is 0.676. The Hall–Kier alpha value is -1.97. The molecule has 0 aliphatic heterocycles. The molecule has 0 atom stereocenters. The van der Waals surface area contributed by atoms with Gasteiger partial charge in [0.25, 0.3) is 5.22 Å². The molecule has 21 heavy (non-hydrogen) atoms. The van der Waals surface area contributed by atoms with E-state index in [1.54, 1.807) is 14.0 Å². The second kappa shape index (κ2) is 7.72. The van der Waals surface area contributed by atoms with Crippen LogP contribution < -0.4 is 4.74 Å². The Bertz CT molecular complexity index is 658. The summed E-state index contributed by atoms with van der Waals surface area (Å²) in [6, 6.07) is 5.73. The first-order valence-electron chi connectivity index (χ1n) is 6.42. The van der Waals surface area contributed by atoms with Crippen molar-refractivity contribution in [1.29, 1.82) is 0 Å². The fraction of sp³-hybridized carbons (Fsp3) is 0.333. The van der Waals surface area contributed by atoms with Crippen LogP contribution in [0.5, 0.6) is 5.75 Å². The first-order valence-corrected chi connectivity index (χ1v) is 7.41. The maximum atomic E-state index is 8.80. The molecule has 6 heteroatoms. The summed E-state index contributed by atoms with van der Waals surface area (Å²) in [6.07, 6.45) is 0.460. The number of hydrogen-bond donors (Lipinski definition) is 1. The molecule has 2 aromatic rings. The summed E-state index contributed by atoms with van der Waals surface area (Å²) in [5.41, 5.74) is 1.94. The van der Waals surface area contributed by atoms with Crippen LogP contribution in [0.25, 0.3) is 0 Å². The highest BCUT2D eigenvalue weighted by Gasteiger charge is 2.07. The van der Waals surface area contributed by atoms with E-state index in [0.29, 0.717) is 23.3 Å². The number of nitrogens with zero attached hydrogens (tertiary/aromatic N) is 2. The number of benzene rings is 1. The molecule has 1 heterocycles. The molecular weight excluding hydrogens is 288 g/mol. The average molecular weight is 304 g/mol. The number of aryl methyl sites for hydroxylation is 1. The zero-order valence-electron chi connectivity index (χ0n) is 11.9. The topological polar surface area (TPSA) is 68.4 Å². The average Bonchev–Trinajstić information content (AvgIpc) is 2.92. The van der Waals surface area contributed by atoms with Gasteiger partial charge >= 0.3 is 0 Å².